The number of Topliss-reactive ketones (excluding diaryl/α,β-unsaturated/α-hetero) is 1. The maximum Gasteiger partial charge on any atom is 0.174 e. The molecule has 15 heavy (non-hydrogen) atoms. The molecule has 0 radical (unpaired) electrons. The van der Waals surface area contributed by atoms with Crippen LogP contribution in [0.1, 0.15) is 10.4 Å². The van der Waals surface area contributed by atoms with Crippen molar-refractivity contribution in [1.29, 1.82) is 0 Å². The molecule has 2 rings (SSSR count). The van der Waals surface area contributed by atoms with Crippen molar-refractivity contribution in [2.75, 3.05) is 5.33 Å². The second kappa shape index (κ2) is 4.29. The van der Waals surface area contributed by atoms with Gasteiger partial charge in [-0.25, -0.2) is 4.98 Å². The van der Waals surface area contributed by atoms with Crippen LogP contribution in [0.25, 0.3) is 10.9 Å². The molecule has 1 aromatic heterocycles. The molecule has 0 saturated carbocycles. The molecule has 0 fully saturated rings. The number of aromatic nitrogens is 1. The lowest BCUT2D eigenvalue weighted by molar-refractivity contribution is 0.102. The third kappa shape index (κ3) is 2.03. The minimum atomic E-state index is 0.00972. The number of rotatable bonds is 2. The highest BCUT2D eigenvalue weighted by atomic mass is 79.9. The summed E-state index contributed by atoms with van der Waals surface area (Å²) >= 11 is 8.99. The van der Waals surface area contributed by atoms with E-state index in [1.54, 1.807) is 6.07 Å². The second-order valence-corrected chi connectivity index (χ2v) is 4.01. The van der Waals surface area contributed by atoms with Crippen LogP contribution in [0.4, 0.5) is 0 Å². The fourth-order valence-electron chi connectivity index (χ4n) is 1.45. The first-order valence-corrected chi connectivity index (χ1v) is 5.87. The molecule has 1 aromatic carbocycles. The van der Waals surface area contributed by atoms with Gasteiger partial charge >= 0.3 is 0 Å². The molecule has 0 atom stereocenters. The summed E-state index contributed by atoms with van der Waals surface area (Å²) in [5.41, 5.74) is 1.36. The van der Waals surface area contributed by atoms with Gasteiger partial charge < -0.3 is 0 Å². The number of nitrogens with zero attached hydrogens (tertiary/aromatic N) is 1. The van der Waals surface area contributed by atoms with E-state index in [0.29, 0.717) is 10.7 Å². The quantitative estimate of drug-likeness (QED) is 0.480. The number of carbonyl (C=O) groups is 1. The summed E-state index contributed by atoms with van der Waals surface area (Å²) in [6, 6.07) is 9.06. The molecule has 76 valence electrons. The van der Waals surface area contributed by atoms with Gasteiger partial charge in [0.15, 0.2) is 5.78 Å². The Morgan fingerprint density at radius 3 is 2.87 bits per heavy atom. The predicted molar refractivity (Wildman–Crippen MR) is 64.9 cm³/mol. The molecule has 0 amide bonds. The third-order valence-corrected chi connectivity index (χ3v) is 2.81. The Morgan fingerprint density at radius 2 is 2.13 bits per heavy atom. The average molecular weight is 285 g/mol. The van der Waals surface area contributed by atoms with Crippen molar-refractivity contribution in [2.24, 2.45) is 0 Å². The summed E-state index contributed by atoms with van der Waals surface area (Å²) in [5, 5.41) is 1.47. The summed E-state index contributed by atoms with van der Waals surface area (Å²) in [6.07, 6.45) is 0. The number of para-hydroxylation sites is 1. The SMILES string of the molecule is O=C(CBr)c1cc(Cl)nc2ccccc12. The molecular formula is C11H7BrClNO. The molecule has 0 aliphatic heterocycles. The first kappa shape index (κ1) is 10.6. The van der Waals surface area contributed by atoms with Crippen molar-refractivity contribution >= 4 is 44.2 Å². The minimum Gasteiger partial charge on any atom is -0.293 e. The van der Waals surface area contributed by atoms with E-state index in [9.17, 15) is 4.79 Å². The Hall–Kier alpha value is -0.930. The van der Waals surface area contributed by atoms with Crippen LogP contribution < -0.4 is 0 Å². The molecule has 4 heteroatoms. The monoisotopic (exact) mass is 283 g/mol. The van der Waals surface area contributed by atoms with Crippen LogP contribution in [0.15, 0.2) is 30.3 Å². The molecule has 1 heterocycles. The zero-order chi connectivity index (χ0) is 10.8. The predicted octanol–water partition coefficient (Wildman–Crippen LogP) is 3.47. The third-order valence-electron chi connectivity index (χ3n) is 2.11. The summed E-state index contributed by atoms with van der Waals surface area (Å²) < 4.78 is 0. The highest BCUT2D eigenvalue weighted by Crippen LogP contribution is 2.21. The lowest BCUT2D eigenvalue weighted by atomic mass is 10.1. The average Bonchev–Trinajstić information content (AvgIpc) is 2.26. The Balaban J connectivity index is 2.76. The zero-order valence-electron chi connectivity index (χ0n) is 7.71. The van der Waals surface area contributed by atoms with Gasteiger partial charge in [0.25, 0.3) is 0 Å². The summed E-state index contributed by atoms with van der Waals surface area (Å²) in [6.45, 7) is 0. The number of ketones is 1. The number of halogens is 2. The van der Waals surface area contributed by atoms with E-state index < -0.39 is 0 Å². The van der Waals surface area contributed by atoms with Crippen molar-refractivity contribution in [2.45, 2.75) is 0 Å². The number of alkyl halides is 1. The van der Waals surface area contributed by atoms with Crippen LogP contribution in [0.2, 0.25) is 5.15 Å². The van der Waals surface area contributed by atoms with Crippen LogP contribution >= 0.6 is 27.5 Å². The lowest BCUT2D eigenvalue weighted by Gasteiger charge is -2.04. The van der Waals surface area contributed by atoms with Gasteiger partial charge in [0.2, 0.25) is 0 Å². The number of hydrogen-bond donors (Lipinski definition) is 0. The first-order chi connectivity index (χ1) is 7.22. The second-order valence-electron chi connectivity index (χ2n) is 3.07. The van der Waals surface area contributed by atoms with Crippen molar-refractivity contribution in [1.82, 2.24) is 4.98 Å². The van der Waals surface area contributed by atoms with E-state index in [4.69, 9.17) is 11.6 Å². The number of fused-ring (bicyclic) bond motifs is 1. The van der Waals surface area contributed by atoms with Gasteiger partial charge in [0.1, 0.15) is 5.15 Å². The maximum absolute atomic E-state index is 11.6. The molecule has 0 spiro atoms. The van der Waals surface area contributed by atoms with Gasteiger partial charge in [-0.05, 0) is 12.1 Å². The largest absolute Gasteiger partial charge is 0.293 e. The lowest BCUT2D eigenvalue weighted by Crippen LogP contribution is -2.01. The van der Waals surface area contributed by atoms with E-state index in [0.717, 1.165) is 10.9 Å². The van der Waals surface area contributed by atoms with Gasteiger partial charge in [0.05, 0.1) is 10.8 Å². The number of hydrogen-bond acceptors (Lipinski definition) is 2. The number of pyridine rings is 1. The molecule has 0 saturated heterocycles. The van der Waals surface area contributed by atoms with Crippen LogP contribution in [0, 0.1) is 0 Å². The van der Waals surface area contributed by atoms with Crippen molar-refractivity contribution in [3.8, 4) is 0 Å². The van der Waals surface area contributed by atoms with Crippen molar-refractivity contribution in [3.63, 3.8) is 0 Å². The fraction of sp³-hybridized carbons (Fsp3) is 0.0909. The van der Waals surface area contributed by atoms with Crippen LogP contribution in [0.3, 0.4) is 0 Å². The van der Waals surface area contributed by atoms with E-state index in [1.807, 2.05) is 24.3 Å². The normalized spacial score (nSPS) is 10.5. The van der Waals surface area contributed by atoms with Gasteiger partial charge in [0, 0.05) is 10.9 Å². The topological polar surface area (TPSA) is 30.0 Å². The molecule has 0 aliphatic rings. The molecule has 2 aromatic rings. The summed E-state index contributed by atoms with van der Waals surface area (Å²) in [7, 11) is 0. The Bertz CT molecular complexity index is 527. The Morgan fingerprint density at radius 1 is 1.40 bits per heavy atom. The summed E-state index contributed by atoms with van der Waals surface area (Å²) in [5.74, 6) is 0.00972. The molecule has 0 unspecified atom stereocenters. The van der Waals surface area contributed by atoms with Crippen LogP contribution in [-0.2, 0) is 0 Å². The van der Waals surface area contributed by atoms with E-state index >= 15 is 0 Å². The van der Waals surface area contributed by atoms with Gasteiger partial charge in [-0.2, -0.15) is 0 Å². The molecular weight excluding hydrogens is 277 g/mol. The maximum atomic E-state index is 11.6. The van der Waals surface area contributed by atoms with E-state index in [-0.39, 0.29) is 11.1 Å². The Labute approximate surface area is 100 Å². The van der Waals surface area contributed by atoms with Crippen LogP contribution in [0.5, 0.6) is 0 Å². The van der Waals surface area contributed by atoms with E-state index in [2.05, 4.69) is 20.9 Å². The van der Waals surface area contributed by atoms with Crippen LogP contribution in [-0.4, -0.2) is 16.1 Å². The molecule has 0 aliphatic carbocycles. The van der Waals surface area contributed by atoms with E-state index in [1.165, 1.54) is 0 Å². The minimum absolute atomic E-state index is 0.00972. The number of carbonyl (C=O) groups excluding carboxylic acids is 1. The Kier molecular flexibility index (Phi) is 3.03. The highest BCUT2D eigenvalue weighted by Gasteiger charge is 2.10. The van der Waals surface area contributed by atoms with Gasteiger partial charge in [-0.15, -0.1) is 0 Å². The van der Waals surface area contributed by atoms with Crippen molar-refractivity contribution in [3.05, 3.63) is 41.0 Å². The van der Waals surface area contributed by atoms with Gasteiger partial charge in [-0.1, -0.05) is 45.7 Å². The zero-order valence-corrected chi connectivity index (χ0v) is 10.0. The van der Waals surface area contributed by atoms with Gasteiger partial charge in [-0.3, -0.25) is 4.79 Å². The fourth-order valence-corrected chi connectivity index (χ4v) is 1.95. The highest BCUT2D eigenvalue weighted by molar-refractivity contribution is 9.09. The smallest absolute Gasteiger partial charge is 0.174 e. The standard InChI is InChI=1S/C11H7BrClNO/c12-6-10(15)8-5-11(13)14-9-4-2-1-3-7(8)9/h1-5H,6H2. The molecule has 0 N–H and O–H groups in total. The molecule has 0 bridgehead atoms. The number of benzene rings is 1. The molecule has 2 nitrogen and oxygen atoms in total. The van der Waals surface area contributed by atoms with Crippen molar-refractivity contribution < 1.29 is 4.79 Å². The first-order valence-electron chi connectivity index (χ1n) is 4.37. The summed E-state index contributed by atoms with van der Waals surface area (Å²) in [4.78, 5) is 15.8.